The summed E-state index contributed by atoms with van der Waals surface area (Å²) in [5, 5.41) is 9.00. The van der Waals surface area contributed by atoms with Gasteiger partial charge in [-0.15, -0.1) is 0 Å². The molecule has 2 amide bonds. The lowest BCUT2D eigenvalue weighted by molar-refractivity contribution is -0.145. The average Bonchev–Trinajstić information content (AvgIpc) is 2.76. The van der Waals surface area contributed by atoms with Crippen molar-refractivity contribution < 1.29 is 24.2 Å². The summed E-state index contributed by atoms with van der Waals surface area (Å²) in [7, 11) is 3.06. The van der Waals surface area contributed by atoms with E-state index in [1.165, 1.54) is 30.8 Å². The van der Waals surface area contributed by atoms with Crippen molar-refractivity contribution in [3.63, 3.8) is 0 Å². The Balaban J connectivity index is 2.63. The van der Waals surface area contributed by atoms with Crippen molar-refractivity contribution in [2.24, 2.45) is 5.92 Å². The van der Waals surface area contributed by atoms with E-state index in [4.69, 9.17) is 9.84 Å². The van der Waals surface area contributed by atoms with Gasteiger partial charge < -0.3 is 19.6 Å². The van der Waals surface area contributed by atoms with E-state index in [0.29, 0.717) is 0 Å². The highest BCUT2D eigenvalue weighted by atomic mass is 16.5. The second-order valence-electron chi connectivity index (χ2n) is 4.43. The maximum atomic E-state index is 11.9. The molecule has 2 atom stereocenters. The lowest BCUT2D eigenvalue weighted by atomic mass is 10.0. The molecule has 18 heavy (non-hydrogen) atoms. The van der Waals surface area contributed by atoms with Crippen LogP contribution < -0.4 is 0 Å². The number of carboxylic acid groups (broad SMARTS) is 1. The van der Waals surface area contributed by atoms with Crippen LogP contribution in [0, 0.1) is 5.92 Å². The maximum Gasteiger partial charge on any atom is 0.311 e. The van der Waals surface area contributed by atoms with Crippen LogP contribution in [0.3, 0.4) is 0 Å². The van der Waals surface area contributed by atoms with Crippen molar-refractivity contribution in [2.45, 2.75) is 13.0 Å². The van der Waals surface area contributed by atoms with Gasteiger partial charge in [0, 0.05) is 21.0 Å². The monoisotopic (exact) mass is 258 g/mol. The van der Waals surface area contributed by atoms with E-state index in [-0.39, 0.29) is 31.6 Å². The molecule has 0 bridgehead atoms. The molecule has 102 valence electrons. The van der Waals surface area contributed by atoms with Crippen LogP contribution in [0.1, 0.15) is 6.92 Å². The van der Waals surface area contributed by atoms with Gasteiger partial charge in [-0.2, -0.15) is 0 Å². The zero-order valence-corrected chi connectivity index (χ0v) is 10.8. The molecule has 0 saturated carbocycles. The number of amides is 2. The minimum absolute atomic E-state index is 0.0608. The Hall–Kier alpha value is -1.63. The largest absolute Gasteiger partial charge is 0.481 e. The van der Waals surface area contributed by atoms with E-state index >= 15 is 0 Å². The minimum atomic E-state index is -0.975. The Morgan fingerprint density at radius 2 is 1.89 bits per heavy atom. The van der Waals surface area contributed by atoms with Gasteiger partial charge in [-0.1, -0.05) is 0 Å². The zero-order chi connectivity index (χ0) is 13.9. The fourth-order valence-corrected chi connectivity index (χ4v) is 1.77. The number of ether oxygens (including phenoxy) is 1. The molecule has 2 unspecified atom stereocenters. The van der Waals surface area contributed by atoms with Crippen molar-refractivity contribution in [3.05, 3.63) is 0 Å². The molecule has 0 aromatic heterocycles. The first kappa shape index (κ1) is 14.4. The van der Waals surface area contributed by atoms with Gasteiger partial charge in [-0.3, -0.25) is 14.4 Å². The summed E-state index contributed by atoms with van der Waals surface area (Å²) in [6.45, 7) is 1.63. The van der Waals surface area contributed by atoms with Crippen molar-refractivity contribution in [1.29, 1.82) is 0 Å². The molecule has 1 aliphatic heterocycles. The topological polar surface area (TPSA) is 87.2 Å². The molecule has 0 aliphatic carbocycles. The molecule has 7 nitrogen and oxygen atoms in total. The van der Waals surface area contributed by atoms with Crippen LogP contribution in [0.5, 0.6) is 0 Å². The summed E-state index contributed by atoms with van der Waals surface area (Å²) in [6, 6.07) is -0.477. The van der Waals surface area contributed by atoms with Gasteiger partial charge >= 0.3 is 5.97 Å². The fourth-order valence-electron chi connectivity index (χ4n) is 1.77. The van der Waals surface area contributed by atoms with Gasteiger partial charge in [-0.25, -0.2) is 0 Å². The van der Waals surface area contributed by atoms with Crippen LogP contribution in [0.2, 0.25) is 0 Å². The van der Waals surface area contributed by atoms with Crippen LogP contribution in [0.4, 0.5) is 0 Å². The van der Waals surface area contributed by atoms with E-state index in [1.54, 1.807) is 0 Å². The van der Waals surface area contributed by atoms with E-state index < -0.39 is 17.9 Å². The lowest BCUT2D eigenvalue weighted by Gasteiger charge is -2.28. The number of carbonyl (C=O) groups excluding carboxylic acids is 2. The zero-order valence-electron chi connectivity index (χ0n) is 10.8. The normalized spacial score (nSPS) is 22.6. The van der Waals surface area contributed by atoms with Crippen LogP contribution in [-0.2, 0) is 19.1 Å². The van der Waals surface area contributed by atoms with Gasteiger partial charge in [0.05, 0.1) is 25.8 Å². The first-order valence-corrected chi connectivity index (χ1v) is 5.62. The molecule has 7 heteroatoms. The van der Waals surface area contributed by atoms with Gasteiger partial charge in [0.15, 0.2) is 0 Å². The van der Waals surface area contributed by atoms with Crippen LogP contribution >= 0.6 is 0 Å². The van der Waals surface area contributed by atoms with E-state index in [9.17, 15) is 14.4 Å². The fraction of sp³-hybridized carbons (Fsp3) is 0.727. The summed E-state index contributed by atoms with van der Waals surface area (Å²) in [5.74, 6) is -2.19. The second kappa shape index (κ2) is 5.81. The molecular formula is C11H18N2O5. The Morgan fingerprint density at radius 1 is 1.28 bits per heavy atom. The number of aliphatic carboxylic acids is 1. The maximum absolute atomic E-state index is 11.9. The second-order valence-corrected chi connectivity index (χ2v) is 4.43. The summed E-state index contributed by atoms with van der Waals surface area (Å²) in [4.78, 5) is 36.6. The predicted molar refractivity (Wildman–Crippen MR) is 61.8 cm³/mol. The predicted octanol–water partition coefficient (Wildman–Crippen LogP) is -0.977. The molecule has 1 saturated heterocycles. The van der Waals surface area contributed by atoms with Gasteiger partial charge in [0.25, 0.3) is 0 Å². The Labute approximate surface area is 105 Å². The number of carbonyl (C=O) groups is 3. The molecule has 1 heterocycles. The molecule has 0 aromatic rings. The third-order valence-corrected chi connectivity index (χ3v) is 3.17. The summed E-state index contributed by atoms with van der Waals surface area (Å²) >= 11 is 0. The molecule has 0 spiro atoms. The number of carboxylic acids is 1. The third kappa shape index (κ3) is 3.19. The van der Waals surface area contributed by atoms with E-state index in [1.807, 2.05) is 0 Å². The minimum Gasteiger partial charge on any atom is -0.481 e. The van der Waals surface area contributed by atoms with Crippen molar-refractivity contribution in [3.8, 4) is 0 Å². The van der Waals surface area contributed by atoms with Crippen LogP contribution in [-0.4, -0.2) is 72.6 Å². The number of hydrogen-bond donors (Lipinski definition) is 1. The molecule has 1 fully saturated rings. The number of nitrogens with zero attached hydrogens (tertiary/aromatic N) is 2. The first-order chi connectivity index (χ1) is 8.34. The van der Waals surface area contributed by atoms with Crippen LogP contribution in [0.15, 0.2) is 0 Å². The molecule has 1 N–H and O–H groups in total. The SMILES string of the molecule is CC(=O)N(C)CC(=O)N(C)C1COCC1C(=O)O. The van der Waals surface area contributed by atoms with Crippen LogP contribution in [0.25, 0.3) is 0 Å². The Morgan fingerprint density at radius 3 is 2.39 bits per heavy atom. The molecule has 0 aromatic carbocycles. The number of rotatable bonds is 4. The van der Waals surface area contributed by atoms with Gasteiger partial charge in [-0.05, 0) is 0 Å². The van der Waals surface area contributed by atoms with Crippen molar-refractivity contribution in [1.82, 2.24) is 9.80 Å². The third-order valence-electron chi connectivity index (χ3n) is 3.17. The van der Waals surface area contributed by atoms with E-state index in [0.717, 1.165) is 0 Å². The molecule has 1 aliphatic rings. The van der Waals surface area contributed by atoms with Gasteiger partial charge in [0.1, 0.15) is 5.92 Å². The average molecular weight is 258 g/mol. The number of likely N-dealkylation sites (N-methyl/N-ethyl adjacent to an activating group) is 2. The highest BCUT2D eigenvalue weighted by Crippen LogP contribution is 2.19. The Kier molecular flexibility index (Phi) is 4.66. The smallest absolute Gasteiger partial charge is 0.311 e. The Bertz CT molecular complexity index is 357. The van der Waals surface area contributed by atoms with Crippen molar-refractivity contribution in [2.75, 3.05) is 33.9 Å². The quantitative estimate of drug-likeness (QED) is 0.700. The highest BCUT2D eigenvalue weighted by molar-refractivity contribution is 5.84. The highest BCUT2D eigenvalue weighted by Gasteiger charge is 2.38. The molecule has 0 radical (unpaired) electrons. The summed E-state index contributed by atoms with van der Waals surface area (Å²) in [5.41, 5.74) is 0. The lowest BCUT2D eigenvalue weighted by Crippen LogP contribution is -2.47. The van der Waals surface area contributed by atoms with Crippen molar-refractivity contribution >= 4 is 17.8 Å². The first-order valence-electron chi connectivity index (χ1n) is 5.62. The molecular weight excluding hydrogens is 240 g/mol. The number of hydrogen-bond acceptors (Lipinski definition) is 4. The standard InChI is InChI=1S/C11H18N2O5/c1-7(14)12(2)4-10(15)13(3)9-6-18-5-8(9)11(16)17/h8-9H,4-6H2,1-3H3,(H,16,17). The van der Waals surface area contributed by atoms with Gasteiger partial charge in [0.2, 0.25) is 11.8 Å². The molecule has 1 rings (SSSR count). The summed E-state index contributed by atoms with van der Waals surface area (Å²) < 4.78 is 5.10. The van der Waals surface area contributed by atoms with E-state index in [2.05, 4.69) is 0 Å². The summed E-state index contributed by atoms with van der Waals surface area (Å²) in [6.07, 6.45) is 0.